The number of amides is 1. The first kappa shape index (κ1) is 17.6. The molecule has 5 heteroatoms. The number of hydrogen-bond donors (Lipinski definition) is 0. The smallest absolute Gasteiger partial charge is 0.263 e. The number of ether oxygens (including phenoxy) is 1. The van der Waals surface area contributed by atoms with Gasteiger partial charge in [-0.25, -0.2) is 0 Å². The highest BCUT2D eigenvalue weighted by atomic mass is 35.5. The molecule has 1 aliphatic carbocycles. The van der Waals surface area contributed by atoms with E-state index in [-0.39, 0.29) is 5.91 Å². The van der Waals surface area contributed by atoms with E-state index in [9.17, 15) is 4.79 Å². The molecule has 1 aromatic rings. The summed E-state index contributed by atoms with van der Waals surface area (Å²) in [6.45, 7) is 7.35. The maximum absolute atomic E-state index is 12.7. The molecule has 0 aromatic heterocycles. The number of rotatable bonds is 4. The topological polar surface area (TPSA) is 32.8 Å². The van der Waals surface area contributed by atoms with Crippen LogP contribution in [0.2, 0.25) is 5.02 Å². The van der Waals surface area contributed by atoms with Crippen molar-refractivity contribution in [3.05, 3.63) is 28.8 Å². The summed E-state index contributed by atoms with van der Waals surface area (Å²) in [5.41, 5.74) is 1.07. The predicted octanol–water partition coefficient (Wildman–Crippen LogP) is 3.50. The highest BCUT2D eigenvalue weighted by Gasteiger charge is 2.30. The predicted molar refractivity (Wildman–Crippen MR) is 96.7 cm³/mol. The Balaban J connectivity index is 1.53. The van der Waals surface area contributed by atoms with Crippen LogP contribution >= 0.6 is 11.6 Å². The third kappa shape index (κ3) is 4.04. The molecule has 0 spiro atoms. The fourth-order valence-corrected chi connectivity index (χ4v) is 3.94. The number of carbonyl (C=O) groups excluding carboxylic acids is 1. The second kappa shape index (κ2) is 7.75. The summed E-state index contributed by atoms with van der Waals surface area (Å²) >= 11 is 6.17. The Kier molecular flexibility index (Phi) is 5.67. The lowest BCUT2D eigenvalue weighted by molar-refractivity contribution is -0.140. The standard InChI is InChI=1S/C19H27ClN2O2/c1-14-7-8-17(20)18(13-14)24-15(2)19(23)22-11-9-21(10-12-22)16-5-3-4-6-16/h7-8,13,15-16H,3-6,9-12H2,1-2H3. The van der Waals surface area contributed by atoms with Crippen molar-refractivity contribution in [3.63, 3.8) is 0 Å². The van der Waals surface area contributed by atoms with Crippen molar-refractivity contribution in [2.24, 2.45) is 0 Å². The summed E-state index contributed by atoms with van der Waals surface area (Å²) in [6, 6.07) is 6.36. The van der Waals surface area contributed by atoms with Crippen LogP contribution in [0.25, 0.3) is 0 Å². The normalized spacial score (nSPS) is 21.0. The number of carbonyl (C=O) groups is 1. The molecule has 1 heterocycles. The van der Waals surface area contributed by atoms with Crippen LogP contribution in [0.1, 0.15) is 38.2 Å². The Labute approximate surface area is 149 Å². The lowest BCUT2D eigenvalue weighted by Crippen LogP contribution is -2.53. The first-order valence-electron chi connectivity index (χ1n) is 9.00. The van der Waals surface area contributed by atoms with Gasteiger partial charge in [-0.2, -0.15) is 0 Å². The fourth-order valence-electron chi connectivity index (χ4n) is 3.78. The molecule has 132 valence electrons. The highest BCUT2D eigenvalue weighted by Crippen LogP contribution is 2.27. The van der Waals surface area contributed by atoms with Crippen LogP contribution in [0.15, 0.2) is 18.2 Å². The number of halogens is 1. The lowest BCUT2D eigenvalue weighted by Gasteiger charge is -2.38. The molecule has 1 aliphatic heterocycles. The Morgan fingerprint density at radius 3 is 2.54 bits per heavy atom. The monoisotopic (exact) mass is 350 g/mol. The zero-order valence-corrected chi connectivity index (χ0v) is 15.4. The summed E-state index contributed by atoms with van der Waals surface area (Å²) in [5.74, 6) is 0.640. The zero-order valence-electron chi connectivity index (χ0n) is 14.6. The van der Waals surface area contributed by atoms with E-state index in [1.54, 1.807) is 0 Å². The Bertz CT molecular complexity index is 579. The van der Waals surface area contributed by atoms with Crippen LogP contribution in [0.5, 0.6) is 5.75 Å². The van der Waals surface area contributed by atoms with E-state index in [0.29, 0.717) is 10.8 Å². The number of benzene rings is 1. The second-order valence-corrected chi connectivity index (χ2v) is 7.40. The molecule has 2 fully saturated rings. The third-order valence-corrected chi connectivity index (χ3v) is 5.52. The second-order valence-electron chi connectivity index (χ2n) is 6.99. The molecule has 1 unspecified atom stereocenters. The summed E-state index contributed by atoms with van der Waals surface area (Å²) in [6.07, 6.45) is 4.83. The van der Waals surface area contributed by atoms with Gasteiger partial charge in [-0.1, -0.05) is 30.5 Å². The molecule has 1 saturated heterocycles. The minimum atomic E-state index is -0.512. The average Bonchev–Trinajstić information content (AvgIpc) is 3.12. The van der Waals surface area contributed by atoms with Gasteiger partial charge in [0.15, 0.2) is 6.10 Å². The van der Waals surface area contributed by atoms with Crippen molar-refractivity contribution in [2.45, 2.75) is 51.7 Å². The molecule has 1 atom stereocenters. The largest absolute Gasteiger partial charge is 0.479 e. The summed E-state index contributed by atoms with van der Waals surface area (Å²) in [5, 5.41) is 0.548. The van der Waals surface area contributed by atoms with Crippen LogP contribution in [-0.2, 0) is 4.79 Å². The van der Waals surface area contributed by atoms with Gasteiger partial charge in [0.2, 0.25) is 0 Å². The van der Waals surface area contributed by atoms with Crippen LogP contribution < -0.4 is 4.74 Å². The van der Waals surface area contributed by atoms with E-state index in [4.69, 9.17) is 16.3 Å². The molecule has 0 bridgehead atoms. The van der Waals surface area contributed by atoms with E-state index in [1.807, 2.05) is 36.9 Å². The molecule has 3 rings (SSSR count). The van der Waals surface area contributed by atoms with Gasteiger partial charge in [0, 0.05) is 32.2 Å². The van der Waals surface area contributed by atoms with Crippen LogP contribution in [0, 0.1) is 6.92 Å². The SMILES string of the molecule is Cc1ccc(Cl)c(OC(C)C(=O)N2CCN(C3CCCC3)CC2)c1. The molecule has 1 saturated carbocycles. The molecular weight excluding hydrogens is 324 g/mol. The van der Waals surface area contributed by atoms with E-state index < -0.39 is 6.10 Å². The van der Waals surface area contributed by atoms with Gasteiger partial charge in [0.1, 0.15) is 5.75 Å². The van der Waals surface area contributed by atoms with Crippen LogP contribution in [-0.4, -0.2) is 54.0 Å². The van der Waals surface area contributed by atoms with E-state index in [1.165, 1.54) is 25.7 Å². The molecule has 24 heavy (non-hydrogen) atoms. The third-order valence-electron chi connectivity index (χ3n) is 5.21. The molecule has 1 aromatic carbocycles. The van der Waals surface area contributed by atoms with Gasteiger partial charge >= 0.3 is 0 Å². The summed E-state index contributed by atoms with van der Waals surface area (Å²) in [7, 11) is 0. The van der Waals surface area contributed by atoms with Gasteiger partial charge in [-0.15, -0.1) is 0 Å². The highest BCUT2D eigenvalue weighted by molar-refractivity contribution is 6.32. The number of nitrogens with zero attached hydrogens (tertiary/aromatic N) is 2. The van der Waals surface area contributed by atoms with Gasteiger partial charge in [0.05, 0.1) is 5.02 Å². The Hall–Kier alpha value is -1.26. The van der Waals surface area contributed by atoms with Gasteiger partial charge in [-0.05, 0) is 44.4 Å². The number of hydrogen-bond acceptors (Lipinski definition) is 3. The Morgan fingerprint density at radius 2 is 1.88 bits per heavy atom. The lowest BCUT2D eigenvalue weighted by atomic mass is 10.1. The molecule has 4 nitrogen and oxygen atoms in total. The van der Waals surface area contributed by atoms with Crippen molar-refractivity contribution in [3.8, 4) is 5.75 Å². The van der Waals surface area contributed by atoms with E-state index in [2.05, 4.69) is 4.90 Å². The minimum Gasteiger partial charge on any atom is -0.479 e. The van der Waals surface area contributed by atoms with Gasteiger partial charge < -0.3 is 9.64 Å². The van der Waals surface area contributed by atoms with Crippen molar-refractivity contribution >= 4 is 17.5 Å². The summed E-state index contributed by atoms with van der Waals surface area (Å²) < 4.78 is 5.83. The van der Waals surface area contributed by atoms with Crippen molar-refractivity contribution in [1.82, 2.24) is 9.80 Å². The molecule has 0 radical (unpaired) electrons. The minimum absolute atomic E-state index is 0.0543. The maximum atomic E-state index is 12.7. The van der Waals surface area contributed by atoms with Gasteiger partial charge in [0.25, 0.3) is 5.91 Å². The first-order chi connectivity index (χ1) is 11.5. The fraction of sp³-hybridized carbons (Fsp3) is 0.632. The van der Waals surface area contributed by atoms with Gasteiger partial charge in [-0.3, -0.25) is 9.69 Å². The molecule has 2 aliphatic rings. The summed E-state index contributed by atoms with van der Waals surface area (Å²) in [4.78, 5) is 17.2. The Morgan fingerprint density at radius 1 is 1.21 bits per heavy atom. The maximum Gasteiger partial charge on any atom is 0.263 e. The molecule has 0 N–H and O–H groups in total. The average molecular weight is 351 g/mol. The molecule has 1 amide bonds. The van der Waals surface area contributed by atoms with Crippen molar-refractivity contribution in [1.29, 1.82) is 0 Å². The van der Waals surface area contributed by atoms with Crippen molar-refractivity contribution < 1.29 is 9.53 Å². The van der Waals surface area contributed by atoms with E-state index >= 15 is 0 Å². The van der Waals surface area contributed by atoms with E-state index in [0.717, 1.165) is 37.8 Å². The first-order valence-corrected chi connectivity index (χ1v) is 9.38. The van der Waals surface area contributed by atoms with Crippen LogP contribution in [0.4, 0.5) is 0 Å². The zero-order chi connectivity index (χ0) is 17.1. The van der Waals surface area contributed by atoms with Crippen LogP contribution in [0.3, 0.4) is 0 Å². The van der Waals surface area contributed by atoms with Crippen molar-refractivity contribution in [2.75, 3.05) is 26.2 Å². The quantitative estimate of drug-likeness (QED) is 0.833. The molecular formula is C19H27ClN2O2. The number of aryl methyl sites for hydroxylation is 1. The number of piperazine rings is 1.